The third-order valence-electron chi connectivity index (χ3n) is 3.44. The summed E-state index contributed by atoms with van der Waals surface area (Å²) in [4.78, 5) is 24.9. The van der Waals surface area contributed by atoms with Crippen molar-refractivity contribution in [3.05, 3.63) is 22.7 Å². The third-order valence-corrected chi connectivity index (χ3v) is 3.74. The van der Waals surface area contributed by atoms with Crippen molar-refractivity contribution in [2.45, 2.75) is 19.3 Å². The average molecular weight is 312 g/mol. The number of nitrogens with two attached hydrogens (primary N) is 1. The van der Waals surface area contributed by atoms with E-state index in [1.165, 1.54) is 12.1 Å². The van der Waals surface area contributed by atoms with Crippen LogP contribution in [0.25, 0.3) is 0 Å². The molecule has 1 amide bonds. The number of carboxylic acids is 1. The Kier molecular flexibility index (Phi) is 4.90. The molecule has 1 heterocycles. The normalized spacial score (nSPS) is 14.2. The van der Waals surface area contributed by atoms with E-state index in [1.54, 1.807) is 0 Å². The number of carboxylic acid groups (broad SMARTS) is 1. The second kappa shape index (κ2) is 6.67. The minimum Gasteiger partial charge on any atom is -0.478 e. The smallest absolute Gasteiger partial charge is 0.337 e. The molecule has 0 radical (unpaired) electrons. The van der Waals surface area contributed by atoms with Crippen molar-refractivity contribution in [1.82, 2.24) is 4.90 Å². The van der Waals surface area contributed by atoms with Crippen LogP contribution in [0.1, 0.15) is 29.6 Å². The van der Waals surface area contributed by atoms with Gasteiger partial charge in [-0.25, -0.2) is 4.79 Å². The number of carbonyl (C=O) groups is 2. The summed E-state index contributed by atoms with van der Waals surface area (Å²) in [6, 6.07) is 2.83. The van der Waals surface area contributed by atoms with Crippen molar-refractivity contribution in [2.24, 2.45) is 0 Å². The zero-order valence-corrected chi connectivity index (χ0v) is 12.3. The van der Waals surface area contributed by atoms with Gasteiger partial charge in [0.15, 0.2) is 0 Å². The summed E-state index contributed by atoms with van der Waals surface area (Å²) < 4.78 is 0. The monoisotopic (exact) mass is 311 g/mol. The van der Waals surface area contributed by atoms with E-state index < -0.39 is 5.97 Å². The van der Waals surface area contributed by atoms with Crippen LogP contribution in [0.5, 0.6) is 0 Å². The lowest BCUT2D eigenvalue weighted by Gasteiger charge is -2.16. The van der Waals surface area contributed by atoms with Crippen LogP contribution in [-0.2, 0) is 4.79 Å². The minimum atomic E-state index is -1.11. The summed E-state index contributed by atoms with van der Waals surface area (Å²) in [5.74, 6) is -1.04. The number of rotatable bonds is 5. The van der Waals surface area contributed by atoms with Gasteiger partial charge in [0.2, 0.25) is 5.91 Å². The second-order valence-corrected chi connectivity index (χ2v) is 5.40. The molecule has 7 heteroatoms. The van der Waals surface area contributed by atoms with E-state index in [0.29, 0.717) is 18.7 Å². The molecule has 0 atom stereocenters. The standard InChI is InChI=1S/C14H18ClN3O3/c15-11-8-9(16)7-10(14(20)21)13(11)17-4-3-12(19)18-5-1-2-6-18/h7-8,17H,1-6,16H2,(H,20,21). The summed E-state index contributed by atoms with van der Waals surface area (Å²) in [7, 11) is 0. The molecule has 0 saturated carbocycles. The fraction of sp³-hybridized carbons (Fsp3) is 0.429. The third kappa shape index (κ3) is 3.78. The minimum absolute atomic E-state index is 0.00798. The summed E-state index contributed by atoms with van der Waals surface area (Å²) in [5, 5.41) is 12.3. The van der Waals surface area contributed by atoms with Crippen molar-refractivity contribution in [2.75, 3.05) is 30.7 Å². The number of hydrogen-bond acceptors (Lipinski definition) is 4. The van der Waals surface area contributed by atoms with Crippen LogP contribution in [0.3, 0.4) is 0 Å². The maximum absolute atomic E-state index is 11.9. The summed E-state index contributed by atoms with van der Waals surface area (Å²) >= 11 is 6.02. The molecular weight excluding hydrogens is 294 g/mol. The van der Waals surface area contributed by atoms with Crippen molar-refractivity contribution in [3.8, 4) is 0 Å². The van der Waals surface area contributed by atoms with Gasteiger partial charge in [0, 0.05) is 31.7 Å². The van der Waals surface area contributed by atoms with Crippen molar-refractivity contribution in [3.63, 3.8) is 0 Å². The summed E-state index contributed by atoms with van der Waals surface area (Å²) in [6.07, 6.45) is 2.40. The van der Waals surface area contributed by atoms with Gasteiger partial charge in [-0.15, -0.1) is 0 Å². The first-order valence-corrected chi connectivity index (χ1v) is 7.21. The lowest BCUT2D eigenvalue weighted by molar-refractivity contribution is -0.129. The molecule has 21 heavy (non-hydrogen) atoms. The number of aromatic carboxylic acids is 1. The van der Waals surface area contributed by atoms with Crippen molar-refractivity contribution >= 4 is 34.9 Å². The van der Waals surface area contributed by atoms with Crippen LogP contribution in [0.4, 0.5) is 11.4 Å². The number of carbonyl (C=O) groups excluding carboxylic acids is 1. The summed E-state index contributed by atoms with van der Waals surface area (Å²) in [5.41, 5.74) is 6.18. The Morgan fingerprint density at radius 3 is 2.62 bits per heavy atom. The number of halogens is 1. The highest BCUT2D eigenvalue weighted by atomic mass is 35.5. The maximum atomic E-state index is 11.9. The number of hydrogen-bond donors (Lipinski definition) is 3. The van der Waals surface area contributed by atoms with Gasteiger partial charge in [-0.05, 0) is 25.0 Å². The van der Waals surface area contributed by atoms with E-state index in [4.69, 9.17) is 22.4 Å². The fourth-order valence-corrected chi connectivity index (χ4v) is 2.69. The predicted octanol–water partition coefficient (Wildman–Crippen LogP) is 2.04. The molecule has 2 rings (SSSR count). The first-order chi connectivity index (χ1) is 9.99. The van der Waals surface area contributed by atoms with Gasteiger partial charge in [-0.1, -0.05) is 11.6 Å². The molecule has 0 spiro atoms. The van der Waals surface area contributed by atoms with Crippen LogP contribution in [-0.4, -0.2) is 41.5 Å². The molecule has 0 unspecified atom stereocenters. The van der Waals surface area contributed by atoms with Crippen LogP contribution < -0.4 is 11.1 Å². The molecular formula is C14H18ClN3O3. The van der Waals surface area contributed by atoms with Gasteiger partial charge in [0.05, 0.1) is 16.3 Å². The quantitative estimate of drug-likeness (QED) is 0.723. The van der Waals surface area contributed by atoms with Crippen LogP contribution in [0.15, 0.2) is 12.1 Å². The van der Waals surface area contributed by atoms with Crippen LogP contribution in [0, 0.1) is 0 Å². The number of nitrogens with one attached hydrogen (secondary N) is 1. The van der Waals surface area contributed by atoms with E-state index in [2.05, 4.69) is 5.32 Å². The van der Waals surface area contributed by atoms with Gasteiger partial charge >= 0.3 is 5.97 Å². The van der Waals surface area contributed by atoms with Crippen LogP contribution in [0.2, 0.25) is 5.02 Å². The van der Waals surface area contributed by atoms with Gasteiger partial charge in [0.25, 0.3) is 0 Å². The zero-order chi connectivity index (χ0) is 15.4. The maximum Gasteiger partial charge on any atom is 0.337 e. The van der Waals surface area contributed by atoms with Gasteiger partial charge in [-0.2, -0.15) is 0 Å². The Balaban J connectivity index is 1.99. The molecule has 0 bridgehead atoms. The Hall–Kier alpha value is -1.95. The van der Waals surface area contributed by atoms with E-state index >= 15 is 0 Å². The Morgan fingerprint density at radius 2 is 2.00 bits per heavy atom. The largest absolute Gasteiger partial charge is 0.478 e. The number of amides is 1. The molecule has 0 aromatic heterocycles. The van der Waals surface area contributed by atoms with Gasteiger partial charge in [0.1, 0.15) is 0 Å². The van der Waals surface area contributed by atoms with E-state index in [1.807, 2.05) is 4.90 Å². The van der Waals surface area contributed by atoms with Crippen molar-refractivity contribution in [1.29, 1.82) is 0 Å². The number of likely N-dealkylation sites (tertiary alicyclic amines) is 1. The number of nitrogen functional groups attached to an aromatic ring is 1. The molecule has 4 N–H and O–H groups in total. The zero-order valence-electron chi connectivity index (χ0n) is 11.6. The van der Waals surface area contributed by atoms with E-state index in [0.717, 1.165) is 25.9 Å². The fourth-order valence-electron chi connectivity index (χ4n) is 2.40. The number of nitrogens with zero attached hydrogens (tertiary/aromatic N) is 1. The highest BCUT2D eigenvalue weighted by Gasteiger charge is 2.18. The van der Waals surface area contributed by atoms with Crippen LogP contribution >= 0.6 is 11.6 Å². The van der Waals surface area contributed by atoms with Gasteiger partial charge in [-0.3, -0.25) is 4.79 Å². The SMILES string of the molecule is Nc1cc(Cl)c(NCCC(=O)N2CCCC2)c(C(=O)O)c1. The lowest BCUT2D eigenvalue weighted by Crippen LogP contribution is -2.29. The predicted molar refractivity (Wildman–Crippen MR) is 81.7 cm³/mol. The van der Waals surface area contributed by atoms with E-state index in [9.17, 15) is 9.59 Å². The van der Waals surface area contributed by atoms with Crippen molar-refractivity contribution < 1.29 is 14.7 Å². The lowest BCUT2D eigenvalue weighted by atomic mass is 10.1. The first-order valence-electron chi connectivity index (χ1n) is 6.83. The van der Waals surface area contributed by atoms with E-state index in [-0.39, 0.29) is 22.2 Å². The Labute approximate surface area is 127 Å². The molecule has 1 aromatic rings. The molecule has 1 saturated heterocycles. The molecule has 1 aliphatic rings. The number of anilines is 2. The molecule has 1 aliphatic heterocycles. The number of benzene rings is 1. The second-order valence-electron chi connectivity index (χ2n) is 5.00. The topological polar surface area (TPSA) is 95.7 Å². The molecule has 1 aromatic carbocycles. The summed E-state index contributed by atoms with van der Waals surface area (Å²) in [6.45, 7) is 1.95. The van der Waals surface area contributed by atoms with Gasteiger partial charge < -0.3 is 21.1 Å². The Morgan fingerprint density at radius 1 is 1.33 bits per heavy atom. The highest BCUT2D eigenvalue weighted by Crippen LogP contribution is 2.29. The molecule has 0 aliphatic carbocycles. The Bertz CT molecular complexity index is 557. The first kappa shape index (κ1) is 15.4. The molecule has 1 fully saturated rings. The molecule has 6 nitrogen and oxygen atoms in total. The average Bonchev–Trinajstić information content (AvgIpc) is 2.94. The molecule has 114 valence electrons. The highest BCUT2D eigenvalue weighted by molar-refractivity contribution is 6.34.